The van der Waals surface area contributed by atoms with Crippen LogP contribution in [0.15, 0.2) is 24.3 Å². The molecule has 0 unspecified atom stereocenters. The molecule has 0 aromatic heterocycles. The molecule has 118 valence electrons. The number of benzene rings is 1. The van der Waals surface area contributed by atoms with E-state index in [1.165, 1.54) is 37.2 Å². The van der Waals surface area contributed by atoms with E-state index in [0.717, 1.165) is 31.5 Å². The van der Waals surface area contributed by atoms with Crippen molar-refractivity contribution in [1.82, 2.24) is 5.32 Å². The second-order valence-electron chi connectivity index (χ2n) is 6.40. The van der Waals surface area contributed by atoms with Crippen molar-refractivity contribution in [1.29, 1.82) is 0 Å². The highest BCUT2D eigenvalue weighted by atomic mass is 16.5. The molecule has 0 aliphatic carbocycles. The molecular weight excluding hydrogens is 260 g/mol. The van der Waals surface area contributed by atoms with Crippen LogP contribution in [0.2, 0.25) is 0 Å². The van der Waals surface area contributed by atoms with Crippen LogP contribution in [0.1, 0.15) is 32.3 Å². The van der Waals surface area contributed by atoms with Gasteiger partial charge in [0.05, 0.1) is 6.61 Å². The zero-order valence-corrected chi connectivity index (χ0v) is 13.8. The maximum absolute atomic E-state index is 5.03. The molecule has 1 aliphatic rings. The lowest BCUT2D eigenvalue weighted by Gasteiger charge is -2.35. The molecule has 3 nitrogen and oxygen atoms in total. The zero-order chi connectivity index (χ0) is 15.1. The Bertz CT molecular complexity index is 394. The van der Waals surface area contributed by atoms with Gasteiger partial charge < -0.3 is 15.0 Å². The van der Waals surface area contributed by atoms with E-state index < -0.39 is 0 Å². The van der Waals surface area contributed by atoms with Crippen molar-refractivity contribution in [3.8, 4) is 0 Å². The van der Waals surface area contributed by atoms with Crippen LogP contribution < -0.4 is 10.2 Å². The number of nitrogens with one attached hydrogen (secondary N) is 1. The van der Waals surface area contributed by atoms with Crippen LogP contribution in [0.4, 0.5) is 5.69 Å². The average molecular weight is 290 g/mol. The highest BCUT2D eigenvalue weighted by Crippen LogP contribution is 2.27. The summed E-state index contributed by atoms with van der Waals surface area (Å²) in [6.07, 6.45) is 2.66. The van der Waals surface area contributed by atoms with Gasteiger partial charge in [-0.1, -0.05) is 26.0 Å². The van der Waals surface area contributed by atoms with Gasteiger partial charge in [-0.2, -0.15) is 0 Å². The maximum Gasteiger partial charge on any atom is 0.0587 e. The Morgan fingerprint density at radius 2 is 1.86 bits per heavy atom. The van der Waals surface area contributed by atoms with Gasteiger partial charge >= 0.3 is 0 Å². The molecule has 1 heterocycles. The van der Waals surface area contributed by atoms with Gasteiger partial charge in [-0.3, -0.25) is 0 Å². The first-order chi connectivity index (χ1) is 10.2. The summed E-state index contributed by atoms with van der Waals surface area (Å²) >= 11 is 0. The molecule has 1 N–H and O–H groups in total. The highest BCUT2D eigenvalue weighted by Gasteiger charge is 2.21. The van der Waals surface area contributed by atoms with E-state index in [1.807, 2.05) is 0 Å². The number of hydrogen-bond acceptors (Lipinski definition) is 3. The van der Waals surface area contributed by atoms with Crippen LogP contribution in [-0.2, 0) is 11.3 Å². The predicted octanol–water partition coefficient (Wildman–Crippen LogP) is 3.30. The van der Waals surface area contributed by atoms with Gasteiger partial charge in [0.1, 0.15) is 0 Å². The van der Waals surface area contributed by atoms with Crippen molar-refractivity contribution in [3.05, 3.63) is 29.8 Å². The maximum atomic E-state index is 5.03. The summed E-state index contributed by atoms with van der Waals surface area (Å²) in [6.45, 7) is 9.70. The average Bonchev–Trinajstić information content (AvgIpc) is 2.52. The lowest BCUT2D eigenvalue weighted by molar-refractivity contribution is 0.199. The fourth-order valence-corrected chi connectivity index (χ4v) is 3.06. The fourth-order valence-electron chi connectivity index (χ4n) is 3.06. The normalized spacial score (nSPS) is 16.7. The van der Waals surface area contributed by atoms with Crippen molar-refractivity contribution in [3.63, 3.8) is 0 Å². The van der Waals surface area contributed by atoms with E-state index in [2.05, 4.69) is 48.3 Å². The second-order valence-corrected chi connectivity index (χ2v) is 6.40. The summed E-state index contributed by atoms with van der Waals surface area (Å²) in [4.78, 5) is 2.53. The van der Waals surface area contributed by atoms with Crippen LogP contribution in [-0.4, -0.2) is 33.4 Å². The molecule has 2 rings (SSSR count). The lowest BCUT2D eigenvalue weighted by atomic mass is 9.86. The van der Waals surface area contributed by atoms with Crippen molar-refractivity contribution in [2.75, 3.05) is 38.3 Å². The number of piperidine rings is 1. The van der Waals surface area contributed by atoms with Crippen molar-refractivity contribution < 1.29 is 4.74 Å². The van der Waals surface area contributed by atoms with E-state index >= 15 is 0 Å². The number of ether oxygens (including phenoxy) is 1. The number of hydrogen-bond donors (Lipinski definition) is 1. The number of anilines is 1. The van der Waals surface area contributed by atoms with Crippen LogP contribution >= 0.6 is 0 Å². The van der Waals surface area contributed by atoms with E-state index in [-0.39, 0.29) is 0 Å². The minimum Gasteiger partial charge on any atom is -0.383 e. The van der Waals surface area contributed by atoms with Gasteiger partial charge in [-0.25, -0.2) is 0 Å². The Balaban J connectivity index is 1.80. The summed E-state index contributed by atoms with van der Waals surface area (Å²) in [5.74, 6) is 1.73. The van der Waals surface area contributed by atoms with Gasteiger partial charge in [0.2, 0.25) is 0 Å². The first-order valence-electron chi connectivity index (χ1n) is 8.24. The minimum absolute atomic E-state index is 0.767. The van der Waals surface area contributed by atoms with Gasteiger partial charge in [-0.15, -0.1) is 0 Å². The SMILES string of the molecule is COCCNCc1ccc(N2CCC(C(C)C)CC2)cc1. The molecule has 1 aromatic carbocycles. The van der Waals surface area contributed by atoms with Gasteiger partial charge in [0, 0.05) is 39.0 Å². The third-order valence-corrected chi connectivity index (χ3v) is 4.60. The molecular formula is C18H30N2O. The molecule has 1 aliphatic heterocycles. The molecule has 1 fully saturated rings. The first-order valence-corrected chi connectivity index (χ1v) is 8.24. The molecule has 3 heteroatoms. The van der Waals surface area contributed by atoms with Crippen LogP contribution in [0.3, 0.4) is 0 Å². The van der Waals surface area contributed by atoms with Crippen molar-refractivity contribution >= 4 is 5.69 Å². The second kappa shape index (κ2) is 8.40. The number of rotatable bonds is 7. The Labute approximate surface area is 129 Å². The zero-order valence-electron chi connectivity index (χ0n) is 13.8. The predicted molar refractivity (Wildman–Crippen MR) is 89.8 cm³/mol. The quantitative estimate of drug-likeness (QED) is 0.780. The summed E-state index contributed by atoms with van der Waals surface area (Å²) in [6, 6.07) is 9.01. The largest absolute Gasteiger partial charge is 0.383 e. The topological polar surface area (TPSA) is 24.5 Å². The van der Waals surface area contributed by atoms with Gasteiger partial charge in [-0.05, 0) is 42.4 Å². The van der Waals surface area contributed by atoms with Crippen molar-refractivity contribution in [2.45, 2.75) is 33.2 Å². The molecule has 1 aromatic rings. The number of methoxy groups -OCH3 is 1. The Morgan fingerprint density at radius 1 is 1.19 bits per heavy atom. The molecule has 0 amide bonds. The molecule has 0 spiro atoms. The highest BCUT2D eigenvalue weighted by molar-refractivity contribution is 5.48. The molecule has 0 atom stereocenters. The summed E-state index contributed by atoms with van der Waals surface area (Å²) in [5.41, 5.74) is 2.71. The summed E-state index contributed by atoms with van der Waals surface area (Å²) in [5, 5.41) is 3.38. The fraction of sp³-hybridized carbons (Fsp3) is 0.667. The molecule has 0 saturated carbocycles. The summed E-state index contributed by atoms with van der Waals surface area (Å²) < 4.78 is 5.03. The van der Waals surface area contributed by atoms with Gasteiger partial charge in [0.15, 0.2) is 0 Å². The first kappa shape index (κ1) is 16.3. The van der Waals surface area contributed by atoms with Gasteiger partial charge in [0.25, 0.3) is 0 Å². The standard InChI is InChI=1S/C18H30N2O/c1-15(2)17-8-11-20(12-9-17)18-6-4-16(5-7-18)14-19-10-13-21-3/h4-7,15,17,19H,8-14H2,1-3H3. The minimum atomic E-state index is 0.767. The van der Waals surface area contributed by atoms with E-state index in [9.17, 15) is 0 Å². The van der Waals surface area contributed by atoms with E-state index in [4.69, 9.17) is 4.74 Å². The van der Waals surface area contributed by atoms with Crippen LogP contribution in [0.5, 0.6) is 0 Å². The smallest absolute Gasteiger partial charge is 0.0587 e. The van der Waals surface area contributed by atoms with Crippen LogP contribution in [0, 0.1) is 11.8 Å². The lowest BCUT2D eigenvalue weighted by Crippen LogP contribution is -2.35. The molecule has 0 radical (unpaired) electrons. The van der Waals surface area contributed by atoms with E-state index in [0.29, 0.717) is 0 Å². The molecule has 21 heavy (non-hydrogen) atoms. The molecule has 1 saturated heterocycles. The van der Waals surface area contributed by atoms with Crippen LogP contribution in [0.25, 0.3) is 0 Å². The Hall–Kier alpha value is -1.06. The molecule has 0 bridgehead atoms. The Kier molecular flexibility index (Phi) is 6.52. The third kappa shape index (κ3) is 5.01. The van der Waals surface area contributed by atoms with E-state index in [1.54, 1.807) is 7.11 Å². The monoisotopic (exact) mass is 290 g/mol. The number of nitrogens with zero attached hydrogens (tertiary/aromatic N) is 1. The van der Waals surface area contributed by atoms with Crippen molar-refractivity contribution in [2.24, 2.45) is 11.8 Å². The Morgan fingerprint density at radius 3 is 2.43 bits per heavy atom. The summed E-state index contributed by atoms with van der Waals surface area (Å²) in [7, 11) is 1.74. The third-order valence-electron chi connectivity index (χ3n) is 4.60.